The van der Waals surface area contributed by atoms with Crippen LogP contribution in [0.25, 0.3) is 32.3 Å². The molecule has 105 heavy (non-hydrogen) atoms. The third-order valence-electron chi connectivity index (χ3n) is 13.6. The number of phenolic OH excluding ortho intramolecular Hbond substituents is 2. The van der Waals surface area contributed by atoms with Gasteiger partial charge in [-0.15, -0.1) is 25.6 Å². The van der Waals surface area contributed by atoms with Crippen molar-refractivity contribution in [1.29, 1.82) is 0 Å². The number of aromatic hydroxyl groups is 2. The predicted octanol–water partition coefficient (Wildman–Crippen LogP) is -0.682. The molecule has 11 rings (SSSR count). The molecule has 0 fully saturated rings. The van der Waals surface area contributed by atoms with Crippen molar-refractivity contribution >= 4 is 177 Å². The Morgan fingerprint density at radius 3 is 1.36 bits per heavy atom. The van der Waals surface area contributed by atoms with Crippen LogP contribution in [-0.2, 0) is 58.4 Å². The SMILES string of the molecule is COc1cc(N=Nc2c(SOO[O-])cc3cc(Nc4nc(N)nc(N)n4)ccc3c2O)c(OC)cc1N=Nc1ccc2c(S(=O)(=O)[O-])cccc2c1S(=O)(=O)[O-].NOS(=O)(=O)c1ccc(N=Nc2ccc(N=Nc3c(S(=O)(=O)ON)cc4cc(Nc5nc(N)nc(N)n5)ccc4c3O)cc2)cc1.[K+].[K+].[K+]. The van der Waals surface area contributed by atoms with E-state index in [1.807, 2.05) is 0 Å². The van der Waals surface area contributed by atoms with Gasteiger partial charge in [-0.2, -0.15) is 86.8 Å². The fraction of sp³-hybridized carbons (Fsp3) is 0.0357. The van der Waals surface area contributed by atoms with Crippen molar-refractivity contribution < 1.29 is 240 Å². The van der Waals surface area contributed by atoms with Crippen LogP contribution >= 0.6 is 12.0 Å². The maximum Gasteiger partial charge on any atom is 1.00 e. The molecule has 0 aliphatic carbocycles. The summed E-state index contributed by atoms with van der Waals surface area (Å²) < 4.78 is 145. The van der Waals surface area contributed by atoms with Crippen LogP contribution in [0.4, 0.5) is 92.6 Å². The fourth-order valence-electron chi connectivity index (χ4n) is 9.22. The zero-order valence-electron chi connectivity index (χ0n) is 54.4. The molecule has 0 aliphatic rings. The molecule has 0 bridgehead atoms. The van der Waals surface area contributed by atoms with Gasteiger partial charge in [0.2, 0.25) is 35.7 Å². The molecule has 9 aromatic carbocycles. The third kappa shape index (κ3) is 21.0. The Hall–Kier alpha value is -7.12. The van der Waals surface area contributed by atoms with Gasteiger partial charge in [0.05, 0.1) is 62.9 Å². The third-order valence-corrected chi connectivity index (χ3v) is 18.3. The number of methoxy groups -OCH3 is 2. The van der Waals surface area contributed by atoms with E-state index >= 15 is 0 Å². The zero-order chi connectivity index (χ0) is 73.4. The molecule has 0 atom stereocenters. The van der Waals surface area contributed by atoms with Crippen molar-refractivity contribution in [3.8, 4) is 23.0 Å². The van der Waals surface area contributed by atoms with E-state index in [1.54, 1.807) is 36.4 Å². The first kappa shape index (κ1) is 85.1. The first-order valence-electron chi connectivity index (χ1n) is 27.7. The standard InChI is InChI=1S/C31H26N10O12S3.C25H22N12O7S2.3K/c1-50-22-13-21(23(51-2)12-20(22)39-38-19-9-8-17-18(28(19)56(47,48)49)4-3-5-25(17)55(44,45)46)40-41-26-24(54-53-52-43)11-14-10-15(6-7-16(14)27(26)42)34-31-36-29(32)35-30(33)37-31;26-23-31-24(27)33-25(32-23)30-17-7-10-19-13(11-17)12-20(46(41,42)44-29)21(22(19)38)37-36-15-3-1-14(2-4-15)34-35-16-5-8-18(9-6-16)45(39,40)43-28;;;/h3-13,42-43H,1-2H3,(H,44,45,46)(H,47,48,49)(H5,32,33,34,35,36,37);1-12,38H,28-29H2,(H5,26,27,30,31,32,33);;;/q;;3*+1/p-3. The van der Waals surface area contributed by atoms with Crippen molar-refractivity contribution in [1.82, 2.24) is 29.9 Å². The summed E-state index contributed by atoms with van der Waals surface area (Å²) in [4.78, 5) is 20.9. The summed E-state index contributed by atoms with van der Waals surface area (Å²) in [5.41, 5.74) is 23.3. The van der Waals surface area contributed by atoms with Gasteiger partial charge in [0.25, 0.3) is 0 Å². The Morgan fingerprint density at radius 2 is 0.895 bits per heavy atom. The molecule has 526 valence electrons. The number of nitrogens with one attached hydrogen (secondary N) is 2. The number of hydrogen-bond acceptors (Lipinski definition) is 42. The predicted molar refractivity (Wildman–Crippen MR) is 357 cm³/mol. The Bertz CT molecular complexity index is 5700. The Balaban J connectivity index is 0.000000290. The number of nitrogen functional groups attached to an aromatic ring is 4. The second-order valence-corrected chi connectivity index (χ2v) is 26.5. The van der Waals surface area contributed by atoms with E-state index in [2.05, 4.69) is 99.4 Å². The molecule has 0 unspecified atom stereocenters. The van der Waals surface area contributed by atoms with Crippen LogP contribution in [-0.4, -0.2) is 97.1 Å². The fourth-order valence-corrected chi connectivity index (χ4v) is 12.6. The van der Waals surface area contributed by atoms with Crippen LogP contribution in [0.5, 0.6) is 23.0 Å². The summed E-state index contributed by atoms with van der Waals surface area (Å²) in [6.07, 6.45) is 0. The average molecular weight is 1610 g/mol. The van der Waals surface area contributed by atoms with Crippen LogP contribution in [0.15, 0.2) is 205 Å². The monoisotopic (exact) mass is 1610 g/mol. The number of benzene rings is 9. The molecule has 0 amide bonds. The van der Waals surface area contributed by atoms with Crippen molar-refractivity contribution in [2.24, 2.45) is 52.7 Å². The molecule has 2 aromatic heterocycles. The molecular formula is C56H45K3N22O19S5. The number of aromatic nitrogens is 6. The number of ether oxygens (including phenoxy) is 2. The number of azo groups is 4. The maximum atomic E-state index is 12.7. The second-order valence-electron chi connectivity index (χ2n) is 20.0. The average Bonchev–Trinajstić information content (AvgIpc) is 0.765. The van der Waals surface area contributed by atoms with E-state index in [1.165, 1.54) is 87.0 Å². The second kappa shape index (κ2) is 36.7. The van der Waals surface area contributed by atoms with Gasteiger partial charge in [0.15, 0.2) is 11.5 Å². The van der Waals surface area contributed by atoms with E-state index in [0.717, 1.165) is 30.3 Å². The van der Waals surface area contributed by atoms with E-state index in [0.29, 0.717) is 45.6 Å². The number of nitrogens with two attached hydrogens (primary N) is 6. The largest absolute Gasteiger partial charge is 1.00 e. The summed E-state index contributed by atoms with van der Waals surface area (Å²) in [7, 11) is -16.4. The molecule has 0 radical (unpaired) electrons. The number of hydrogen-bond donors (Lipinski definition) is 10. The van der Waals surface area contributed by atoms with Crippen LogP contribution < -0.4 is 214 Å². The molecule has 0 saturated carbocycles. The van der Waals surface area contributed by atoms with Gasteiger partial charge in [-0.25, -0.2) is 16.8 Å². The van der Waals surface area contributed by atoms with Crippen LogP contribution in [0.3, 0.4) is 0 Å². The van der Waals surface area contributed by atoms with Crippen LogP contribution in [0.2, 0.25) is 0 Å². The minimum absolute atomic E-state index is 0. The Morgan fingerprint density at radius 1 is 0.457 bits per heavy atom. The number of anilines is 8. The van der Waals surface area contributed by atoms with E-state index in [4.69, 9.17) is 44.2 Å². The van der Waals surface area contributed by atoms with Crippen molar-refractivity contribution in [2.75, 3.05) is 47.8 Å². The molecule has 41 nitrogen and oxygen atoms in total. The first-order chi connectivity index (χ1) is 48.5. The minimum Gasteiger partial charge on any atom is -0.744 e. The van der Waals surface area contributed by atoms with Gasteiger partial charge >= 0.3 is 174 Å². The van der Waals surface area contributed by atoms with Crippen molar-refractivity contribution in [3.63, 3.8) is 0 Å². The van der Waals surface area contributed by atoms with E-state index in [-0.39, 0.29) is 261 Å². The van der Waals surface area contributed by atoms with Crippen molar-refractivity contribution in [3.05, 3.63) is 140 Å². The Labute approximate surface area is 724 Å². The van der Waals surface area contributed by atoms with Crippen molar-refractivity contribution in [2.45, 2.75) is 24.5 Å². The Kier molecular flexibility index (Phi) is 29.7. The zero-order valence-corrected chi connectivity index (χ0v) is 67.8. The first-order valence-corrected chi connectivity index (χ1v) is 34.0. The summed E-state index contributed by atoms with van der Waals surface area (Å²) in [5.74, 6) is 8.58. The van der Waals surface area contributed by atoms with Gasteiger partial charge < -0.3 is 67.6 Å². The number of fused-ring (bicyclic) bond motifs is 3. The minimum atomic E-state index is -5.30. The smallest absolute Gasteiger partial charge is 0.744 e. The molecule has 0 saturated heterocycles. The molecule has 0 aliphatic heterocycles. The molecule has 2 heterocycles. The van der Waals surface area contributed by atoms with E-state index < -0.39 is 72.3 Å². The summed E-state index contributed by atoms with van der Waals surface area (Å²) in [6, 6.07) is 31.4. The summed E-state index contributed by atoms with van der Waals surface area (Å²) >= 11 is 0.426. The molecule has 16 N–H and O–H groups in total. The molecule has 0 spiro atoms. The molecular weight excluding hydrogens is 1560 g/mol. The summed E-state index contributed by atoms with van der Waals surface area (Å²) in [5, 5.41) is 75.3. The maximum absolute atomic E-state index is 12.7. The number of nitrogens with zero attached hydrogens (tertiary/aromatic N) is 14. The molecule has 49 heteroatoms. The van der Waals surface area contributed by atoms with Gasteiger partial charge in [0, 0.05) is 45.1 Å². The van der Waals surface area contributed by atoms with Crippen LogP contribution in [0, 0.1) is 0 Å². The topological polar surface area (TPSA) is 658 Å². The van der Waals surface area contributed by atoms with E-state index in [9.17, 15) is 58.2 Å². The van der Waals surface area contributed by atoms with Gasteiger partial charge in [-0.05, 0) is 120 Å². The van der Waals surface area contributed by atoms with Gasteiger partial charge in [-0.3, -0.25) is 5.04 Å². The van der Waals surface area contributed by atoms with Crippen LogP contribution in [0.1, 0.15) is 0 Å². The van der Waals surface area contributed by atoms with Gasteiger partial charge in [-0.1, -0.05) is 18.2 Å². The normalized spacial score (nSPS) is 11.9. The quantitative estimate of drug-likeness (QED) is 0.00947. The summed E-state index contributed by atoms with van der Waals surface area (Å²) in [6.45, 7) is 0. The van der Waals surface area contributed by atoms with Gasteiger partial charge in [0.1, 0.15) is 65.1 Å². The number of phenols is 2. The number of rotatable bonds is 23. The molecule has 11 aromatic rings.